The van der Waals surface area contributed by atoms with Gasteiger partial charge in [0, 0.05) is 16.1 Å². The quantitative estimate of drug-likeness (QED) is 0.818. The highest BCUT2D eigenvalue weighted by atomic mass is 35.5. The molecule has 2 aromatic rings. The number of aliphatic hydroxyl groups excluding tert-OH is 1. The molecular weight excluding hydrogens is 306 g/mol. The molecule has 1 atom stereocenters. The summed E-state index contributed by atoms with van der Waals surface area (Å²) in [7, 11) is 1.30. The fourth-order valence-electron chi connectivity index (χ4n) is 2.46. The predicted octanol–water partition coefficient (Wildman–Crippen LogP) is 3.19. The molecule has 0 fully saturated rings. The number of esters is 1. The molecule has 0 radical (unpaired) electrons. The number of methoxy groups -OCH3 is 1. The molecule has 1 aliphatic heterocycles. The van der Waals surface area contributed by atoms with Crippen LogP contribution >= 0.6 is 11.6 Å². The second-order valence-corrected chi connectivity index (χ2v) is 5.53. The molecule has 6 heteroatoms. The fraction of sp³-hybridized carbons (Fsp3) is 0.250. The SMILES string of the molecule is COC(=O)c1cc2c(nc1C)-c1cc(Cl)c(C)cc1O[C@H]2O. The third-order valence-corrected chi connectivity index (χ3v) is 4.08. The second-order valence-electron chi connectivity index (χ2n) is 5.12. The Morgan fingerprint density at radius 2 is 2.09 bits per heavy atom. The molecule has 114 valence electrons. The smallest absolute Gasteiger partial charge is 0.339 e. The van der Waals surface area contributed by atoms with Crippen LogP contribution in [-0.4, -0.2) is 23.2 Å². The molecule has 1 aliphatic rings. The Bertz CT molecular complexity index is 788. The summed E-state index contributed by atoms with van der Waals surface area (Å²) in [6.07, 6.45) is -1.19. The van der Waals surface area contributed by atoms with E-state index in [9.17, 15) is 9.90 Å². The van der Waals surface area contributed by atoms with Gasteiger partial charge in [0.05, 0.1) is 24.1 Å². The molecule has 2 heterocycles. The lowest BCUT2D eigenvalue weighted by Gasteiger charge is -2.26. The largest absolute Gasteiger partial charge is 0.465 e. The summed E-state index contributed by atoms with van der Waals surface area (Å²) in [4.78, 5) is 16.2. The van der Waals surface area contributed by atoms with Crippen molar-refractivity contribution in [2.75, 3.05) is 7.11 Å². The van der Waals surface area contributed by atoms with E-state index in [1.54, 1.807) is 25.1 Å². The molecule has 0 amide bonds. The number of pyridine rings is 1. The van der Waals surface area contributed by atoms with Gasteiger partial charge in [-0.3, -0.25) is 4.98 Å². The Hall–Kier alpha value is -2.11. The van der Waals surface area contributed by atoms with Gasteiger partial charge in [-0.25, -0.2) is 4.79 Å². The van der Waals surface area contributed by atoms with Crippen LogP contribution in [0.15, 0.2) is 18.2 Å². The first-order chi connectivity index (χ1) is 10.4. The van der Waals surface area contributed by atoms with Crippen molar-refractivity contribution in [2.24, 2.45) is 0 Å². The molecule has 3 rings (SSSR count). The molecule has 1 aromatic carbocycles. The Morgan fingerprint density at radius 3 is 2.77 bits per heavy atom. The van der Waals surface area contributed by atoms with Crippen LogP contribution in [0, 0.1) is 13.8 Å². The van der Waals surface area contributed by atoms with Crippen LogP contribution in [-0.2, 0) is 4.74 Å². The van der Waals surface area contributed by atoms with Gasteiger partial charge in [0.15, 0.2) is 0 Å². The molecule has 0 aliphatic carbocycles. The van der Waals surface area contributed by atoms with Crippen LogP contribution in [0.1, 0.15) is 33.5 Å². The minimum absolute atomic E-state index is 0.297. The van der Waals surface area contributed by atoms with E-state index in [1.807, 2.05) is 6.92 Å². The monoisotopic (exact) mass is 319 g/mol. The number of fused-ring (bicyclic) bond motifs is 3. The van der Waals surface area contributed by atoms with E-state index in [4.69, 9.17) is 21.1 Å². The first-order valence-corrected chi connectivity index (χ1v) is 7.05. The van der Waals surface area contributed by atoms with Gasteiger partial charge in [-0.1, -0.05) is 11.6 Å². The number of aryl methyl sites for hydroxylation is 2. The molecule has 0 unspecified atom stereocenters. The summed E-state index contributed by atoms with van der Waals surface area (Å²) >= 11 is 6.17. The van der Waals surface area contributed by atoms with Crippen molar-refractivity contribution in [3.05, 3.63) is 45.6 Å². The molecule has 22 heavy (non-hydrogen) atoms. The summed E-state index contributed by atoms with van der Waals surface area (Å²) in [6, 6.07) is 5.06. The van der Waals surface area contributed by atoms with Crippen molar-refractivity contribution >= 4 is 17.6 Å². The third kappa shape index (κ3) is 2.23. The van der Waals surface area contributed by atoms with Crippen molar-refractivity contribution in [3.63, 3.8) is 0 Å². The Kier molecular flexibility index (Phi) is 3.54. The average molecular weight is 320 g/mol. The lowest BCUT2D eigenvalue weighted by atomic mass is 9.98. The van der Waals surface area contributed by atoms with Crippen molar-refractivity contribution in [3.8, 4) is 17.0 Å². The molecule has 0 spiro atoms. The maximum absolute atomic E-state index is 11.8. The summed E-state index contributed by atoms with van der Waals surface area (Å²) in [5.41, 5.74) is 3.32. The van der Waals surface area contributed by atoms with E-state index in [-0.39, 0.29) is 0 Å². The first-order valence-electron chi connectivity index (χ1n) is 6.67. The zero-order valence-electron chi connectivity index (χ0n) is 12.3. The molecule has 5 nitrogen and oxygen atoms in total. The number of benzene rings is 1. The highest BCUT2D eigenvalue weighted by molar-refractivity contribution is 6.31. The van der Waals surface area contributed by atoms with Crippen molar-refractivity contribution in [1.82, 2.24) is 4.98 Å². The highest BCUT2D eigenvalue weighted by Gasteiger charge is 2.29. The maximum atomic E-state index is 11.8. The number of ether oxygens (including phenoxy) is 2. The van der Waals surface area contributed by atoms with Gasteiger partial charge in [0.2, 0.25) is 6.29 Å². The van der Waals surface area contributed by atoms with E-state index in [0.29, 0.717) is 38.9 Å². The van der Waals surface area contributed by atoms with Gasteiger partial charge >= 0.3 is 5.97 Å². The van der Waals surface area contributed by atoms with Gasteiger partial charge in [-0.05, 0) is 37.6 Å². The minimum Gasteiger partial charge on any atom is -0.465 e. The molecular formula is C16H14ClNO4. The number of aromatic nitrogens is 1. The Morgan fingerprint density at radius 1 is 1.36 bits per heavy atom. The molecule has 1 N–H and O–H groups in total. The molecule has 0 saturated heterocycles. The average Bonchev–Trinajstić information content (AvgIpc) is 2.48. The van der Waals surface area contributed by atoms with E-state index >= 15 is 0 Å². The van der Waals surface area contributed by atoms with Crippen LogP contribution in [0.4, 0.5) is 0 Å². The molecule has 0 bridgehead atoms. The van der Waals surface area contributed by atoms with Crippen molar-refractivity contribution < 1.29 is 19.4 Å². The Balaban J connectivity index is 2.25. The second kappa shape index (κ2) is 5.26. The number of carbonyl (C=O) groups is 1. The summed E-state index contributed by atoms with van der Waals surface area (Å²) in [6.45, 7) is 3.57. The number of halogens is 1. The first kappa shape index (κ1) is 14.8. The predicted molar refractivity (Wildman–Crippen MR) is 81.1 cm³/mol. The van der Waals surface area contributed by atoms with E-state index in [1.165, 1.54) is 7.11 Å². The van der Waals surface area contributed by atoms with Crippen molar-refractivity contribution in [2.45, 2.75) is 20.1 Å². The zero-order valence-corrected chi connectivity index (χ0v) is 13.1. The standard InChI is InChI=1S/C16H14ClNO4/c1-7-4-13-10(6-12(7)17)14-11(16(20)22-13)5-9(8(2)18-14)15(19)21-3/h4-6,16,20H,1-3H3/t16-/m1/s1. The van der Waals surface area contributed by atoms with Crippen molar-refractivity contribution in [1.29, 1.82) is 0 Å². The molecule has 1 aromatic heterocycles. The highest BCUT2D eigenvalue weighted by Crippen LogP contribution is 2.43. The summed E-state index contributed by atoms with van der Waals surface area (Å²) in [5, 5.41) is 10.8. The zero-order chi connectivity index (χ0) is 16.0. The Labute approximate surface area is 132 Å². The maximum Gasteiger partial charge on any atom is 0.339 e. The van der Waals surface area contributed by atoms with Gasteiger partial charge in [0.25, 0.3) is 0 Å². The van der Waals surface area contributed by atoms with Crippen LogP contribution in [0.25, 0.3) is 11.3 Å². The number of rotatable bonds is 1. The summed E-state index contributed by atoms with van der Waals surface area (Å²) in [5.74, 6) is 0.00681. The van der Waals surface area contributed by atoms with Gasteiger partial charge in [-0.15, -0.1) is 0 Å². The fourth-order valence-corrected chi connectivity index (χ4v) is 2.63. The third-order valence-electron chi connectivity index (χ3n) is 3.67. The number of carbonyl (C=O) groups excluding carboxylic acids is 1. The van der Waals surface area contributed by atoms with E-state index in [2.05, 4.69) is 4.98 Å². The lowest BCUT2D eigenvalue weighted by Crippen LogP contribution is -2.17. The van der Waals surface area contributed by atoms with Gasteiger partial charge in [0.1, 0.15) is 5.75 Å². The van der Waals surface area contributed by atoms with E-state index < -0.39 is 12.3 Å². The van der Waals surface area contributed by atoms with Crippen LogP contribution in [0.3, 0.4) is 0 Å². The van der Waals surface area contributed by atoms with Crippen LogP contribution in [0.2, 0.25) is 5.02 Å². The van der Waals surface area contributed by atoms with Crippen LogP contribution in [0.5, 0.6) is 5.75 Å². The number of nitrogens with zero attached hydrogens (tertiary/aromatic N) is 1. The topological polar surface area (TPSA) is 68.7 Å². The van der Waals surface area contributed by atoms with Gasteiger partial charge in [-0.2, -0.15) is 0 Å². The number of aliphatic hydroxyl groups is 1. The van der Waals surface area contributed by atoms with E-state index in [0.717, 1.165) is 5.56 Å². The van der Waals surface area contributed by atoms with Gasteiger partial charge < -0.3 is 14.6 Å². The lowest BCUT2D eigenvalue weighted by molar-refractivity contribution is -0.0217. The van der Waals surface area contributed by atoms with Crippen LogP contribution < -0.4 is 4.74 Å². The number of hydrogen-bond donors (Lipinski definition) is 1. The molecule has 0 saturated carbocycles. The summed E-state index contributed by atoms with van der Waals surface area (Å²) < 4.78 is 10.2. The normalized spacial score (nSPS) is 15.6. The minimum atomic E-state index is -1.19. The number of hydrogen-bond acceptors (Lipinski definition) is 5.